The first-order chi connectivity index (χ1) is 5.59. The average Bonchev–Trinajstić information content (AvgIpc) is 1.96. The second kappa shape index (κ2) is 3.67. The molecule has 0 spiro atoms. The van der Waals surface area contributed by atoms with Crippen LogP contribution < -0.4 is 0 Å². The number of carboxylic acid groups (broad SMARTS) is 1. The molecule has 0 aliphatic carbocycles. The molecule has 1 atom stereocenters. The van der Waals surface area contributed by atoms with Gasteiger partial charge in [-0.05, 0) is 13.0 Å². The van der Waals surface area contributed by atoms with E-state index >= 15 is 0 Å². The molecule has 1 fully saturated rings. The van der Waals surface area contributed by atoms with E-state index in [1.807, 2.05) is 6.92 Å². The second-order valence-electron chi connectivity index (χ2n) is 3.26. The van der Waals surface area contributed by atoms with Gasteiger partial charge in [0, 0.05) is 5.92 Å². The fourth-order valence-electron chi connectivity index (χ4n) is 1.32. The van der Waals surface area contributed by atoms with E-state index in [9.17, 15) is 9.59 Å². The minimum atomic E-state index is -0.864. The zero-order chi connectivity index (χ0) is 9.14. The van der Waals surface area contributed by atoms with Gasteiger partial charge in [0.2, 0.25) is 0 Å². The van der Waals surface area contributed by atoms with Crippen LogP contribution in [-0.2, 0) is 9.59 Å². The van der Waals surface area contributed by atoms with Gasteiger partial charge in [0.25, 0.3) is 0 Å². The molecule has 4 nitrogen and oxygen atoms in total. The lowest BCUT2D eigenvalue weighted by atomic mass is 9.98. The lowest BCUT2D eigenvalue weighted by Gasteiger charge is -2.27. The SMILES string of the molecule is CC1CCN(CC(=O)O)CC1=O. The summed E-state index contributed by atoms with van der Waals surface area (Å²) in [5.74, 6) is -0.602. The van der Waals surface area contributed by atoms with Gasteiger partial charge >= 0.3 is 5.97 Å². The third kappa shape index (κ3) is 2.30. The van der Waals surface area contributed by atoms with Crippen molar-refractivity contribution in [1.82, 2.24) is 4.90 Å². The van der Waals surface area contributed by atoms with Gasteiger partial charge < -0.3 is 5.11 Å². The van der Waals surface area contributed by atoms with Gasteiger partial charge in [-0.2, -0.15) is 0 Å². The van der Waals surface area contributed by atoms with Gasteiger partial charge in [0.05, 0.1) is 13.1 Å². The maximum Gasteiger partial charge on any atom is 0.317 e. The zero-order valence-electron chi connectivity index (χ0n) is 7.12. The van der Waals surface area contributed by atoms with E-state index in [1.165, 1.54) is 0 Å². The largest absolute Gasteiger partial charge is 0.480 e. The molecule has 0 aromatic heterocycles. The van der Waals surface area contributed by atoms with Crippen molar-refractivity contribution in [1.29, 1.82) is 0 Å². The van der Waals surface area contributed by atoms with Crippen LogP contribution in [0.5, 0.6) is 0 Å². The first kappa shape index (κ1) is 9.19. The van der Waals surface area contributed by atoms with Crippen LogP contribution in [0, 0.1) is 5.92 Å². The van der Waals surface area contributed by atoms with Crippen molar-refractivity contribution in [3.8, 4) is 0 Å². The summed E-state index contributed by atoms with van der Waals surface area (Å²) < 4.78 is 0. The number of hydrogen-bond acceptors (Lipinski definition) is 3. The minimum Gasteiger partial charge on any atom is -0.480 e. The number of piperidine rings is 1. The van der Waals surface area contributed by atoms with E-state index in [2.05, 4.69) is 0 Å². The quantitative estimate of drug-likeness (QED) is 0.634. The third-order valence-corrected chi connectivity index (χ3v) is 2.17. The van der Waals surface area contributed by atoms with Gasteiger partial charge in [0.1, 0.15) is 5.78 Å². The first-order valence-electron chi connectivity index (χ1n) is 4.06. The molecule has 0 bridgehead atoms. The number of aliphatic carboxylic acids is 1. The van der Waals surface area contributed by atoms with Crippen molar-refractivity contribution < 1.29 is 14.7 Å². The van der Waals surface area contributed by atoms with Crippen LogP contribution in [0.1, 0.15) is 13.3 Å². The first-order valence-corrected chi connectivity index (χ1v) is 4.06. The Kier molecular flexibility index (Phi) is 2.81. The molecule has 1 rings (SSSR count). The van der Waals surface area contributed by atoms with Crippen molar-refractivity contribution in [2.24, 2.45) is 5.92 Å². The Bertz CT molecular complexity index is 202. The maximum absolute atomic E-state index is 11.2. The topological polar surface area (TPSA) is 57.6 Å². The van der Waals surface area contributed by atoms with E-state index in [4.69, 9.17) is 5.11 Å². The van der Waals surface area contributed by atoms with Crippen molar-refractivity contribution in [3.05, 3.63) is 0 Å². The fraction of sp³-hybridized carbons (Fsp3) is 0.750. The molecule has 0 radical (unpaired) electrons. The molecule has 4 heteroatoms. The van der Waals surface area contributed by atoms with Gasteiger partial charge in [-0.3, -0.25) is 14.5 Å². The summed E-state index contributed by atoms with van der Waals surface area (Å²) in [6.07, 6.45) is 0.784. The monoisotopic (exact) mass is 171 g/mol. The Morgan fingerprint density at radius 2 is 2.42 bits per heavy atom. The summed E-state index contributed by atoms with van der Waals surface area (Å²) in [6.45, 7) is 2.89. The maximum atomic E-state index is 11.2. The highest BCUT2D eigenvalue weighted by Crippen LogP contribution is 2.12. The van der Waals surface area contributed by atoms with Crippen LogP contribution in [0.3, 0.4) is 0 Å². The number of hydrogen-bond donors (Lipinski definition) is 1. The minimum absolute atomic E-state index is 0.0154. The predicted molar refractivity (Wildman–Crippen MR) is 42.9 cm³/mol. The van der Waals surface area contributed by atoms with Crippen molar-refractivity contribution in [3.63, 3.8) is 0 Å². The molecule has 1 aliphatic heterocycles. The highest BCUT2D eigenvalue weighted by molar-refractivity contribution is 5.84. The lowest BCUT2D eigenvalue weighted by molar-refractivity contribution is -0.139. The smallest absolute Gasteiger partial charge is 0.317 e. The molecule has 0 amide bonds. The molecule has 1 aliphatic rings. The molecular weight excluding hydrogens is 158 g/mol. The number of ketones is 1. The molecule has 1 saturated heterocycles. The summed E-state index contributed by atoms with van der Waals surface area (Å²) in [5, 5.41) is 8.46. The van der Waals surface area contributed by atoms with Gasteiger partial charge in [-0.1, -0.05) is 6.92 Å². The summed E-state index contributed by atoms with van der Waals surface area (Å²) in [7, 11) is 0. The van der Waals surface area contributed by atoms with Crippen LogP contribution in [0.25, 0.3) is 0 Å². The second-order valence-corrected chi connectivity index (χ2v) is 3.26. The van der Waals surface area contributed by atoms with Crippen LogP contribution in [0.4, 0.5) is 0 Å². The van der Waals surface area contributed by atoms with Crippen molar-refractivity contribution in [2.45, 2.75) is 13.3 Å². The molecule has 1 N–H and O–H groups in total. The normalized spacial score (nSPS) is 25.8. The Morgan fingerprint density at radius 1 is 1.75 bits per heavy atom. The average molecular weight is 171 g/mol. The number of nitrogens with zero attached hydrogens (tertiary/aromatic N) is 1. The number of carbonyl (C=O) groups excluding carboxylic acids is 1. The highest BCUT2D eigenvalue weighted by atomic mass is 16.4. The Hall–Kier alpha value is -0.900. The molecule has 0 saturated carbocycles. The molecule has 0 aromatic carbocycles. The third-order valence-electron chi connectivity index (χ3n) is 2.17. The number of carboxylic acids is 1. The predicted octanol–water partition coefficient (Wildman–Crippen LogP) is -0.0181. The summed E-state index contributed by atoms with van der Waals surface area (Å²) >= 11 is 0. The van der Waals surface area contributed by atoms with Gasteiger partial charge in [-0.15, -0.1) is 0 Å². The van der Waals surface area contributed by atoms with E-state index < -0.39 is 5.97 Å². The molecule has 1 unspecified atom stereocenters. The molecule has 12 heavy (non-hydrogen) atoms. The summed E-state index contributed by atoms with van der Waals surface area (Å²) in [5.41, 5.74) is 0. The number of likely N-dealkylation sites (tertiary alicyclic amines) is 1. The summed E-state index contributed by atoms with van der Waals surface area (Å²) in [6, 6.07) is 0. The van der Waals surface area contributed by atoms with Crippen LogP contribution in [0.2, 0.25) is 0 Å². The van der Waals surface area contributed by atoms with Crippen LogP contribution in [-0.4, -0.2) is 41.4 Å². The molecule has 0 aromatic rings. The Morgan fingerprint density at radius 3 is 2.92 bits per heavy atom. The number of Topliss-reactive ketones (excluding diaryl/α,β-unsaturated/α-hetero) is 1. The molecule has 1 heterocycles. The number of rotatable bonds is 2. The molecular formula is C8H13NO3. The summed E-state index contributed by atoms with van der Waals surface area (Å²) in [4.78, 5) is 23.1. The standard InChI is InChI=1S/C8H13NO3/c1-6-2-3-9(4-7(6)10)5-8(11)12/h6H,2-5H2,1H3,(H,11,12). The lowest BCUT2D eigenvalue weighted by Crippen LogP contribution is -2.42. The van der Waals surface area contributed by atoms with Crippen LogP contribution >= 0.6 is 0 Å². The Labute approximate surface area is 71.2 Å². The highest BCUT2D eigenvalue weighted by Gasteiger charge is 2.24. The van der Waals surface area contributed by atoms with Crippen LogP contribution in [0.15, 0.2) is 0 Å². The zero-order valence-corrected chi connectivity index (χ0v) is 7.12. The van der Waals surface area contributed by atoms with Gasteiger partial charge in [0.15, 0.2) is 0 Å². The fourth-order valence-corrected chi connectivity index (χ4v) is 1.32. The number of carbonyl (C=O) groups is 2. The van der Waals surface area contributed by atoms with E-state index in [0.29, 0.717) is 6.54 Å². The Balaban J connectivity index is 2.40. The van der Waals surface area contributed by atoms with E-state index in [1.54, 1.807) is 4.90 Å². The van der Waals surface area contributed by atoms with E-state index in [0.717, 1.165) is 13.0 Å². The molecule has 68 valence electrons. The van der Waals surface area contributed by atoms with Crippen molar-refractivity contribution in [2.75, 3.05) is 19.6 Å². The van der Waals surface area contributed by atoms with Gasteiger partial charge in [-0.25, -0.2) is 0 Å². The van der Waals surface area contributed by atoms with Crippen molar-refractivity contribution >= 4 is 11.8 Å². The van der Waals surface area contributed by atoms with E-state index in [-0.39, 0.29) is 18.2 Å².